The van der Waals surface area contributed by atoms with E-state index in [1.54, 1.807) is 23.1 Å². The molecule has 1 atom stereocenters. The minimum absolute atomic E-state index is 0.0212. The third kappa shape index (κ3) is 6.23. The van der Waals surface area contributed by atoms with Crippen molar-refractivity contribution in [1.82, 2.24) is 10.2 Å². The summed E-state index contributed by atoms with van der Waals surface area (Å²) in [7, 11) is 0. The molecule has 0 heterocycles. The van der Waals surface area contributed by atoms with Crippen LogP contribution in [0.2, 0.25) is 10.0 Å². The van der Waals surface area contributed by atoms with E-state index in [4.69, 9.17) is 23.2 Å². The number of nitrogens with one attached hydrogen (secondary N) is 1. The molecule has 0 aliphatic heterocycles. The van der Waals surface area contributed by atoms with Gasteiger partial charge in [-0.1, -0.05) is 54.4 Å². The molecule has 0 saturated heterocycles. The van der Waals surface area contributed by atoms with E-state index in [1.807, 2.05) is 52.8 Å². The third-order valence-electron chi connectivity index (χ3n) is 5.13. The van der Waals surface area contributed by atoms with Crippen LogP contribution in [0.1, 0.15) is 49.4 Å². The highest BCUT2D eigenvalue weighted by Gasteiger charge is 2.30. The molecule has 6 heteroatoms. The van der Waals surface area contributed by atoms with Gasteiger partial charge in [-0.05, 0) is 62.9 Å². The summed E-state index contributed by atoms with van der Waals surface area (Å²) in [5.74, 6) is -0.316. The molecular formula is C24H30Cl2N2O2. The molecule has 0 bridgehead atoms. The number of hydrogen-bond acceptors (Lipinski definition) is 2. The van der Waals surface area contributed by atoms with Crippen LogP contribution in [-0.2, 0) is 22.6 Å². The molecule has 0 radical (unpaired) electrons. The van der Waals surface area contributed by atoms with Crippen molar-refractivity contribution in [1.29, 1.82) is 0 Å². The largest absolute Gasteiger partial charge is 0.352 e. The Morgan fingerprint density at radius 1 is 1.03 bits per heavy atom. The summed E-state index contributed by atoms with van der Waals surface area (Å²) in [6.45, 7) is 9.93. The Labute approximate surface area is 189 Å². The number of benzene rings is 2. The Bertz CT molecular complexity index is 892. The van der Waals surface area contributed by atoms with Crippen LogP contribution in [-0.4, -0.2) is 28.8 Å². The molecule has 2 amide bonds. The molecule has 1 N–H and O–H groups in total. The molecule has 2 rings (SSSR count). The summed E-state index contributed by atoms with van der Waals surface area (Å²) in [6, 6.07) is 10.6. The third-order valence-corrected chi connectivity index (χ3v) is 5.84. The van der Waals surface area contributed by atoms with Gasteiger partial charge in [0.1, 0.15) is 6.04 Å². The summed E-state index contributed by atoms with van der Waals surface area (Å²) in [6.07, 6.45) is 0.688. The lowest BCUT2D eigenvalue weighted by molar-refractivity contribution is -0.141. The molecule has 30 heavy (non-hydrogen) atoms. The van der Waals surface area contributed by atoms with Crippen LogP contribution in [0, 0.1) is 13.8 Å². The zero-order valence-electron chi connectivity index (χ0n) is 18.3. The van der Waals surface area contributed by atoms with E-state index in [-0.39, 0.29) is 30.8 Å². The monoisotopic (exact) mass is 448 g/mol. The van der Waals surface area contributed by atoms with Crippen LogP contribution in [0.25, 0.3) is 0 Å². The molecule has 0 saturated carbocycles. The van der Waals surface area contributed by atoms with Gasteiger partial charge < -0.3 is 10.2 Å². The van der Waals surface area contributed by atoms with Gasteiger partial charge >= 0.3 is 0 Å². The van der Waals surface area contributed by atoms with Crippen LogP contribution in [0.5, 0.6) is 0 Å². The molecule has 0 fully saturated rings. The van der Waals surface area contributed by atoms with E-state index in [1.165, 1.54) is 5.56 Å². The molecule has 0 aromatic heterocycles. The van der Waals surface area contributed by atoms with Crippen LogP contribution < -0.4 is 5.32 Å². The van der Waals surface area contributed by atoms with Crippen molar-refractivity contribution in [2.24, 2.45) is 0 Å². The summed E-state index contributed by atoms with van der Waals surface area (Å²) in [4.78, 5) is 27.9. The summed E-state index contributed by atoms with van der Waals surface area (Å²) >= 11 is 12.7. The first-order valence-corrected chi connectivity index (χ1v) is 11.0. The highest BCUT2D eigenvalue weighted by Crippen LogP contribution is 2.27. The Balaban J connectivity index is 2.39. The number of amides is 2. The minimum atomic E-state index is -0.612. The van der Waals surface area contributed by atoms with Crippen molar-refractivity contribution in [3.05, 3.63) is 68.7 Å². The van der Waals surface area contributed by atoms with Gasteiger partial charge in [-0.15, -0.1) is 0 Å². The smallest absolute Gasteiger partial charge is 0.243 e. The molecule has 2 aromatic rings. The zero-order valence-corrected chi connectivity index (χ0v) is 19.8. The van der Waals surface area contributed by atoms with Gasteiger partial charge in [0.05, 0.1) is 6.42 Å². The van der Waals surface area contributed by atoms with E-state index in [2.05, 4.69) is 5.32 Å². The number of halogens is 2. The first-order chi connectivity index (χ1) is 14.1. The van der Waals surface area contributed by atoms with Crippen LogP contribution >= 0.6 is 23.2 Å². The maximum absolute atomic E-state index is 13.4. The fourth-order valence-corrected chi connectivity index (χ4v) is 3.86. The van der Waals surface area contributed by atoms with Crippen molar-refractivity contribution in [3.63, 3.8) is 0 Å². The summed E-state index contributed by atoms with van der Waals surface area (Å²) in [5.41, 5.74) is 3.86. The maximum Gasteiger partial charge on any atom is 0.243 e. The predicted octanol–water partition coefficient (Wildman–Crippen LogP) is 5.48. The molecule has 0 unspecified atom stereocenters. The van der Waals surface area contributed by atoms with Gasteiger partial charge in [-0.25, -0.2) is 0 Å². The molecule has 4 nitrogen and oxygen atoms in total. The van der Waals surface area contributed by atoms with Crippen molar-refractivity contribution >= 4 is 35.0 Å². The second-order valence-corrected chi connectivity index (χ2v) is 8.72. The lowest BCUT2D eigenvalue weighted by atomic mass is 10.0. The zero-order chi connectivity index (χ0) is 22.4. The van der Waals surface area contributed by atoms with Crippen molar-refractivity contribution in [2.75, 3.05) is 0 Å². The Kier molecular flexibility index (Phi) is 8.75. The lowest BCUT2D eigenvalue weighted by Crippen LogP contribution is -2.50. The van der Waals surface area contributed by atoms with Crippen LogP contribution in [0.3, 0.4) is 0 Å². The minimum Gasteiger partial charge on any atom is -0.352 e. The Morgan fingerprint density at radius 2 is 1.67 bits per heavy atom. The predicted molar refractivity (Wildman–Crippen MR) is 124 cm³/mol. The van der Waals surface area contributed by atoms with E-state index in [9.17, 15) is 9.59 Å². The van der Waals surface area contributed by atoms with Gasteiger partial charge in [0, 0.05) is 28.2 Å². The second kappa shape index (κ2) is 10.8. The molecule has 0 spiro atoms. The van der Waals surface area contributed by atoms with E-state index in [0.29, 0.717) is 22.0 Å². The quantitative estimate of drug-likeness (QED) is 0.580. The number of aryl methyl sites for hydroxylation is 2. The van der Waals surface area contributed by atoms with E-state index >= 15 is 0 Å². The number of carbonyl (C=O) groups is 2. The van der Waals surface area contributed by atoms with Gasteiger partial charge in [0.25, 0.3) is 0 Å². The standard InChI is InChI=1S/C24H30Cl2N2O2/c1-6-22(24(30)27-15(2)3)28(14-19-20(25)8-7-9-21(19)26)23(29)13-18-11-10-16(4)17(5)12-18/h7-12,15,22H,6,13-14H2,1-5H3,(H,27,30)/t22-/m0/s1. The number of carbonyl (C=O) groups excluding carboxylic acids is 2. The van der Waals surface area contributed by atoms with Crippen molar-refractivity contribution < 1.29 is 9.59 Å². The molecule has 0 aliphatic rings. The first-order valence-electron chi connectivity index (χ1n) is 10.2. The van der Waals surface area contributed by atoms with E-state index in [0.717, 1.165) is 11.1 Å². The molecule has 2 aromatic carbocycles. The average Bonchev–Trinajstić information content (AvgIpc) is 2.66. The fourth-order valence-electron chi connectivity index (χ4n) is 3.34. The van der Waals surface area contributed by atoms with Gasteiger partial charge in [0.2, 0.25) is 11.8 Å². The van der Waals surface area contributed by atoms with Crippen molar-refractivity contribution in [3.8, 4) is 0 Å². The molecule has 0 aliphatic carbocycles. The lowest BCUT2D eigenvalue weighted by Gasteiger charge is -2.32. The normalized spacial score (nSPS) is 12.0. The van der Waals surface area contributed by atoms with E-state index < -0.39 is 6.04 Å². The second-order valence-electron chi connectivity index (χ2n) is 7.90. The fraction of sp³-hybridized carbons (Fsp3) is 0.417. The summed E-state index contributed by atoms with van der Waals surface area (Å²) in [5, 5.41) is 3.88. The van der Waals surface area contributed by atoms with Crippen LogP contribution in [0.4, 0.5) is 0 Å². The number of rotatable bonds is 8. The van der Waals surface area contributed by atoms with Gasteiger partial charge in [-0.2, -0.15) is 0 Å². The molecular weight excluding hydrogens is 419 g/mol. The highest BCUT2D eigenvalue weighted by molar-refractivity contribution is 6.36. The number of hydrogen-bond donors (Lipinski definition) is 1. The average molecular weight is 449 g/mol. The summed E-state index contributed by atoms with van der Waals surface area (Å²) < 4.78 is 0. The van der Waals surface area contributed by atoms with Crippen LogP contribution in [0.15, 0.2) is 36.4 Å². The number of nitrogens with zero attached hydrogens (tertiary/aromatic N) is 1. The SMILES string of the molecule is CC[C@@H](C(=O)NC(C)C)N(Cc1c(Cl)cccc1Cl)C(=O)Cc1ccc(C)c(C)c1. The van der Waals surface area contributed by atoms with Gasteiger partial charge in [-0.3, -0.25) is 9.59 Å². The van der Waals surface area contributed by atoms with Crippen molar-refractivity contribution in [2.45, 2.75) is 66.1 Å². The Morgan fingerprint density at radius 3 is 2.20 bits per heavy atom. The maximum atomic E-state index is 13.4. The molecule has 162 valence electrons. The first kappa shape index (κ1) is 24.2. The van der Waals surface area contributed by atoms with Gasteiger partial charge in [0.15, 0.2) is 0 Å². The Hall–Kier alpha value is -2.04. The highest BCUT2D eigenvalue weighted by atomic mass is 35.5. The topological polar surface area (TPSA) is 49.4 Å².